The number of para-hydroxylation sites is 1. The number of hydrogen-bond donors (Lipinski definition) is 2. The van der Waals surface area contributed by atoms with Crippen LogP contribution in [-0.4, -0.2) is 28.7 Å². The van der Waals surface area contributed by atoms with Gasteiger partial charge in [-0.15, -0.1) is 0 Å². The van der Waals surface area contributed by atoms with Gasteiger partial charge in [-0.2, -0.15) is 0 Å². The van der Waals surface area contributed by atoms with Crippen molar-refractivity contribution >= 4 is 34.0 Å². The van der Waals surface area contributed by atoms with Gasteiger partial charge in [-0.1, -0.05) is 30.3 Å². The van der Waals surface area contributed by atoms with Gasteiger partial charge in [-0.05, 0) is 35.9 Å². The molecule has 0 aliphatic carbocycles. The fourth-order valence-corrected chi connectivity index (χ4v) is 3.25. The molecule has 0 atom stereocenters. The van der Waals surface area contributed by atoms with Crippen LogP contribution in [-0.2, 0) is 0 Å². The molecule has 0 aliphatic rings. The van der Waals surface area contributed by atoms with Crippen LogP contribution in [0.4, 0.5) is 11.4 Å². The highest BCUT2D eigenvalue weighted by Gasteiger charge is 2.16. The molecule has 6 nitrogen and oxygen atoms in total. The maximum Gasteiger partial charge on any atom is 0.254 e. The van der Waals surface area contributed by atoms with Gasteiger partial charge in [0.1, 0.15) is 5.69 Å². The molecule has 2 heterocycles. The van der Waals surface area contributed by atoms with Crippen LogP contribution in [0.5, 0.6) is 0 Å². The maximum atomic E-state index is 12.5. The normalized spacial score (nSPS) is 10.6. The van der Waals surface area contributed by atoms with Gasteiger partial charge in [0, 0.05) is 43.0 Å². The van der Waals surface area contributed by atoms with E-state index in [0.717, 1.165) is 27.7 Å². The van der Waals surface area contributed by atoms with Gasteiger partial charge in [0.05, 0.1) is 16.8 Å². The summed E-state index contributed by atoms with van der Waals surface area (Å²) >= 11 is 0. The zero-order valence-electron chi connectivity index (χ0n) is 16.6. The lowest BCUT2D eigenvalue weighted by atomic mass is 10.0. The van der Waals surface area contributed by atoms with E-state index in [1.165, 1.54) is 6.92 Å². The van der Waals surface area contributed by atoms with Crippen molar-refractivity contribution in [2.24, 2.45) is 0 Å². The number of amides is 1. The van der Waals surface area contributed by atoms with Crippen molar-refractivity contribution in [1.82, 2.24) is 15.3 Å². The summed E-state index contributed by atoms with van der Waals surface area (Å²) in [5.41, 5.74) is 4.98. The Bertz CT molecular complexity index is 1240. The lowest BCUT2D eigenvalue weighted by Gasteiger charge is -2.15. The molecule has 0 fully saturated rings. The van der Waals surface area contributed by atoms with Crippen molar-refractivity contribution in [2.45, 2.75) is 6.92 Å². The number of Topliss-reactive ketones (excluding diaryl/α,β-unsaturated/α-hetero) is 1. The Kier molecular flexibility index (Phi) is 5.22. The molecule has 148 valence electrons. The second kappa shape index (κ2) is 8.13. The molecule has 0 unspecified atom stereocenters. The van der Waals surface area contributed by atoms with Crippen LogP contribution in [0.3, 0.4) is 0 Å². The smallest absolute Gasteiger partial charge is 0.254 e. The molecular formula is C24H20N4O2. The zero-order valence-corrected chi connectivity index (χ0v) is 16.6. The third kappa shape index (κ3) is 3.75. The van der Waals surface area contributed by atoms with E-state index in [1.54, 1.807) is 25.5 Å². The van der Waals surface area contributed by atoms with E-state index in [0.29, 0.717) is 16.9 Å². The number of fused-ring (bicyclic) bond motifs is 1. The number of aromatic nitrogens is 2. The van der Waals surface area contributed by atoms with Crippen molar-refractivity contribution in [3.05, 3.63) is 84.3 Å². The van der Waals surface area contributed by atoms with E-state index in [-0.39, 0.29) is 11.7 Å². The maximum absolute atomic E-state index is 12.5. The summed E-state index contributed by atoms with van der Waals surface area (Å²) in [6.45, 7) is 1.49. The number of carbonyl (C=O) groups is 2. The van der Waals surface area contributed by atoms with Gasteiger partial charge >= 0.3 is 0 Å². The fourth-order valence-electron chi connectivity index (χ4n) is 3.25. The number of nitrogens with zero attached hydrogens (tertiary/aromatic N) is 2. The molecule has 30 heavy (non-hydrogen) atoms. The number of pyridine rings is 2. The second-order valence-electron chi connectivity index (χ2n) is 6.84. The van der Waals surface area contributed by atoms with Crippen LogP contribution in [0.2, 0.25) is 0 Å². The summed E-state index contributed by atoms with van der Waals surface area (Å²) < 4.78 is 0. The predicted octanol–water partition coefficient (Wildman–Crippen LogP) is 4.60. The lowest BCUT2D eigenvalue weighted by molar-refractivity contribution is 0.0962. The Labute approximate surface area is 174 Å². The molecule has 0 saturated carbocycles. The lowest BCUT2D eigenvalue weighted by Crippen LogP contribution is -2.19. The molecular weight excluding hydrogens is 376 g/mol. The predicted molar refractivity (Wildman–Crippen MR) is 118 cm³/mol. The standard InChI is InChI=1S/C24H20N4O2/c1-15(29)21-10-9-17(13-26-21)16-8-11-22-19(12-16)23(20(14-27-22)24(30)25-2)28-18-6-4-3-5-7-18/h3-14H,1-2H3,(H,25,30)(H,27,28). The van der Waals surface area contributed by atoms with E-state index >= 15 is 0 Å². The third-order valence-corrected chi connectivity index (χ3v) is 4.84. The number of nitrogens with one attached hydrogen (secondary N) is 2. The Balaban J connectivity index is 1.87. The first-order valence-electron chi connectivity index (χ1n) is 9.51. The number of anilines is 2. The van der Waals surface area contributed by atoms with Gasteiger partial charge in [0.25, 0.3) is 5.91 Å². The molecule has 0 spiro atoms. The summed E-state index contributed by atoms with van der Waals surface area (Å²) in [5.74, 6) is -0.297. The molecule has 0 aliphatic heterocycles. The largest absolute Gasteiger partial charge is 0.355 e. The van der Waals surface area contributed by atoms with Gasteiger partial charge in [-0.3, -0.25) is 19.6 Å². The van der Waals surface area contributed by atoms with E-state index in [9.17, 15) is 9.59 Å². The highest BCUT2D eigenvalue weighted by molar-refractivity contribution is 6.08. The Morgan fingerprint density at radius 3 is 2.30 bits per heavy atom. The third-order valence-electron chi connectivity index (χ3n) is 4.84. The number of benzene rings is 2. The van der Waals surface area contributed by atoms with E-state index in [1.807, 2.05) is 54.6 Å². The molecule has 2 N–H and O–H groups in total. The molecule has 2 aromatic heterocycles. The highest BCUT2D eigenvalue weighted by atomic mass is 16.1. The minimum Gasteiger partial charge on any atom is -0.355 e. The number of ketones is 1. The molecule has 4 rings (SSSR count). The van der Waals surface area contributed by atoms with Crippen molar-refractivity contribution in [1.29, 1.82) is 0 Å². The summed E-state index contributed by atoms with van der Waals surface area (Å²) in [7, 11) is 1.59. The quantitative estimate of drug-likeness (QED) is 0.482. The molecule has 6 heteroatoms. The molecule has 2 aromatic carbocycles. The van der Waals surface area contributed by atoms with Crippen LogP contribution >= 0.6 is 0 Å². The first-order chi connectivity index (χ1) is 14.6. The number of hydrogen-bond acceptors (Lipinski definition) is 5. The topological polar surface area (TPSA) is 84.0 Å². The Hall–Kier alpha value is -4.06. The molecule has 1 amide bonds. The fraction of sp³-hybridized carbons (Fsp3) is 0.0833. The van der Waals surface area contributed by atoms with E-state index in [4.69, 9.17) is 0 Å². The summed E-state index contributed by atoms with van der Waals surface area (Å²) in [5, 5.41) is 6.86. The van der Waals surface area contributed by atoms with Gasteiger partial charge in [0.15, 0.2) is 5.78 Å². The van der Waals surface area contributed by atoms with E-state index in [2.05, 4.69) is 20.6 Å². The van der Waals surface area contributed by atoms with Crippen LogP contribution in [0.15, 0.2) is 73.1 Å². The monoisotopic (exact) mass is 396 g/mol. The Morgan fingerprint density at radius 1 is 0.867 bits per heavy atom. The minimum atomic E-state index is -0.222. The van der Waals surface area contributed by atoms with E-state index < -0.39 is 0 Å². The van der Waals surface area contributed by atoms with Gasteiger partial charge in [0.2, 0.25) is 0 Å². The van der Waals surface area contributed by atoms with Crippen molar-refractivity contribution in [2.75, 3.05) is 12.4 Å². The molecule has 0 radical (unpaired) electrons. The summed E-state index contributed by atoms with van der Waals surface area (Å²) in [4.78, 5) is 32.7. The SMILES string of the molecule is CNC(=O)c1cnc2ccc(-c3ccc(C(C)=O)nc3)cc2c1Nc1ccccc1. The summed E-state index contributed by atoms with van der Waals surface area (Å²) in [6.07, 6.45) is 3.26. The van der Waals surface area contributed by atoms with Crippen LogP contribution in [0, 0.1) is 0 Å². The Morgan fingerprint density at radius 2 is 1.63 bits per heavy atom. The molecule has 0 bridgehead atoms. The van der Waals surface area contributed by atoms with Crippen molar-refractivity contribution < 1.29 is 9.59 Å². The number of rotatable bonds is 5. The second-order valence-corrected chi connectivity index (χ2v) is 6.84. The highest BCUT2D eigenvalue weighted by Crippen LogP contribution is 2.32. The molecule has 0 saturated heterocycles. The average molecular weight is 396 g/mol. The van der Waals surface area contributed by atoms with Crippen LogP contribution < -0.4 is 10.6 Å². The number of carbonyl (C=O) groups excluding carboxylic acids is 2. The first kappa shape index (κ1) is 19.3. The minimum absolute atomic E-state index is 0.0752. The van der Waals surface area contributed by atoms with Gasteiger partial charge < -0.3 is 10.6 Å². The average Bonchev–Trinajstić information content (AvgIpc) is 2.79. The van der Waals surface area contributed by atoms with Crippen LogP contribution in [0.25, 0.3) is 22.0 Å². The zero-order chi connectivity index (χ0) is 21.1. The van der Waals surface area contributed by atoms with Crippen LogP contribution in [0.1, 0.15) is 27.8 Å². The van der Waals surface area contributed by atoms with Crippen molar-refractivity contribution in [3.8, 4) is 11.1 Å². The van der Waals surface area contributed by atoms with Crippen molar-refractivity contribution in [3.63, 3.8) is 0 Å². The first-order valence-corrected chi connectivity index (χ1v) is 9.51. The molecule has 4 aromatic rings. The summed E-state index contributed by atoms with van der Waals surface area (Å²) in [6, 6.07) is 19.1. The van der Waals surface area contributed by atoms with Gasteiger partial charge in [-0.25, -0.2) is 0 Å².